The van der Waals surface area contributed by atoms with Crippen LogP contribution in [0.4, 0.5) is 0 Å². The maximum Gasteiger partial charge on any atom is 0.0375 e. The first kappa shape index (κ1) is 7.74. The summed E-state index contributed by atoms with van der Waals surface area (Å²) in [5, 5.41) is 0. The molecule has 0 radical (unpaired) electrons. The van der Waals surface area contributed by atoms with E-state index in [-0.39, 0.29) is 0 Å². The zero-order valence-electron chi connectivity index (χ0n) is 7.62. The van der Waals surface area contributed by atoms with E-state index >= 15 is 0 Å². The fourth-order valence-corrected chi connectivity index (χ4v) is 1.73. The average molecular weight is 162 g/mol. The van der Waals surface area contributed by atoms with Gasteiger partial charge in [-0.3, -0.25) is 4.98 Å². The lowest BCUT2D eigenvalue weighted by molar-refractivity contribution is 0.189. The van der Waals surface area contributed by atoms with Crippen LogP contribution in [-0.4, -0.2) is 30.0 Å². The van der Waals surface area contributed by atoms with Crippen molar-refractivity contribution < 1.29 is 0 Å². The molecule has 1 saturated heterocycles. The minimum Gasteiger partial charge on any atom is -0.305 e. The Morgan fingerprint density at radius 1 is 1.50 bits per heavy atom. The summed E-state index contributed by atoms with van der Waals surface area (Å²) < 4.78 is 0. The molecule has 1 aromatic rings. The van der Waals surface area contributed by atoms with Gasteiger partial charge in [-0.2, -0.15) is 0 Å². The van der Waals surface area contributed by atoms with Crippen LogP contribution in [0.3, 0.4) is 0 Å². The highest BCUT2D eigenvalue weighted by molar-refractivity contribution is 5.22. The van der Waals surface area contributed by atoms with E-state index < -0.39 is 0 Å². The number of hydrogen-bond acceptors (Lipinski definition) is 2. The minimum absolute atomic E-state index is 0.747. The maximum absolute atomic E-state index is 4.19. The molecule has 1 aliphatic rings. The van der Waals surface area contributed by atoms with E-state index in [2.05, 4.69) is 29.1 Å². The Bertz CT molecular complexity index is 277. The lowest BCUT2D eigenvalue weighted by Crippen LogP contribution is -2.41. The molecule has 0 aliphatic carbocycles. The highest BCUT2D eigenvalue weighted by Gasteiger charge is 2.24. The van der Waals surface area contributed by atoms with Gasteiger partial charge in [0.15, 0.2) is 0 Å². The predicted octanol–water partition coefficient (Wildman–Crippen LogP) is 1.42. The third-order valence-electron chi connectivity index (χ3n) is 2.46. The van der Waals surface area contributed by atoms with Crippen LogP contribution in [0.25, 0.3) is 0 Å². The van der Waals surface area contributed by atoms with E-state index in [0.29, 0.717) is 0 Å². The molecule has 0 aromatic carbocycles. The highest BCUT2D eigenvalue weighted by Crippen LogP contribution is 2.25. The molecule has 12 heavy (non-hydrogen) atoms. The van der Waals surface area contributed by atoms with Crippen molar-refractivity contribution in [2.24, 2.45) is 0 Å². The molecule has 0 bridgehead atoms. The standard InChI is InChI=1S/C10H14N2/c1-8-5-9(3-4-11-8)10-6-12(2)7-10/h3-5,10H,6-7H2,1-2H3. The fourth-order valence-electron chi connectivity index (χ4n) is 1.73. The smallest absolute Gasteiger partial charge is 0.0375 e. The SMILES string of the molecule is Cc1cc(C2CN(C)C2)ccn1. The summed E-state index contributed by atoms with van der Waals surface area (Å²) >= 11 is 0. The van der Waals surface area contributed by atoms with Crippen molar-refractivity contribution in [3.05, 3.63) is 29.6 Å². The van der Waals surface area contributed by atoms with Crippen LogP contribution in [0, 0.1) is 6.92 Å². The monoisotopic (exact) mass is 162 g/mol. The van der Waals surface area contributed by atoms with Gasteiger partial charge in [0, 0.05) is 30.9 Å². The molecule has 1 aromatic heterocycles. The van der Waals surface area contributed by atoms with Crippen molar-refractivity contribution in [1.29, 1.82) is 0 Å². The van der Waals surface area contributed by atoms with Gasteiger partial charge in [-0.15, -0.1) is 0 Å². The summed E-state index contributed by atoms with van der Waals surface area (Å²) in [4.78, 5) is 6.52. The third kappa shape index (κ3) is 1.34. The minimum atomic E-state index is 0.747. The highest BCUT2D eigenvalue weighted by atomic mass is 15.2. The van der Waals surface area contributed by atoms with Crippen molar-refractivity contribution >= 4 is 0 Å². The van der Waals surface area contributed by atoms with Crippen molar-refractivity contribution in [3.8, 4) is 0 Å². The molecule has 0 amide bonds. The van der Waals surface area contributed by atoms with Gasteiger partial charge in [-0.25, -0.2) is 0 Å². The van der Waals surface area contributed by atoms with Crippen molar-refractivity contribution in [3.63, 3.8) is 0 Å². The van der Waals surface area contributed by atoms with Gasteiger partial charge < -0.3 is 4.90 Å². The van der Waals surface area contributed by atoms with Gasteiger partial charge in [0.1, 0.15) is 0 Å². The van der Waals surface area contributed by atoms with Crippen molar-refractivity contribution in [2.75, 3.05) is 20.1 Å². The molecular weight excluding hydrogens is 148 g/mol. The van der Waals surface area contributed by atoms with Crippen LogP contribution in [0.15, 0.2) is 18.3 Å². The first-order chi connectivity index (χ1) is 5.75. The molecule has 2 rings (SSSR count). The number of likely N-dealkylation sites (N-methyl/N-ethyl adjacent to an activating group) is 1. The molecule has 0 N–H and O–H groups in total. The topological polar surface area (TPSA) is 16.1 Å². The van der Waals surface area contributed by atoms with Gasteiger partial charge in [-0.1, -0.05) is 0 Å². The van der Waals surface area contributed by atoms with Crippen LogP contribution in [-0.2, 0) is 0 Å². The summed E-state index contributed by atoms with van der Waals surface area (Å²) in [6.45, 7) is 4.44. The summed E-state index contributed by atoms with van der Waals surface area (Å²) in [5.74, 6) is 0.747. The first-order valence-corrected chi connectivity index (χ1v) is 4.37. The zero-order valence-corrected chi connectivity index (χ0v) is 7.62. The van der Waals surface area contributed by atoms with Gasteiger partial charge >= 0.3 is 0 Å². The van der Waals surface area contributed by atoms with E-state index in [4.69, 9.17) is 0 Å². The number of nitrogens with zero attached hydrogens (tertiary/aromatic N) is 2. The van der Waals surface area contributed by atoms with Crippen LogP contribution >= 0.6 is 0 Å². The molecule has 0 atom stereocenters. The van der Waals surface area contributed by atoms with Crippen LogP contribution in [0.2, 0.25) is 0 Å². The van der Waals surface area contributed by atoms with E-state index in [0.717, 1.165) is 11.6 Å². The molecule has 1 fully saturated rings. The number of pyridine rings is 1. The second-order valence-corrected chi connectivity index (χ2v) is 3.65. The summed E-state index contributed by atoms with van der Waals surface area (Å²) in [6.07, 6.45) is 1.91. The maximum atomic E-state index is 4.19. The Morgan fingerprint density at radius 2 is 2.25 bits per heavy atom. The molecular formula is C10H14N2. The van der Waals surface area contributed by atoms with Crippen molar-refractivity contribution in [2.45, 2.75) is 12.8 Å². The molecule has 0 saturated carbocycles. The molecule has 1 aliphatic heterocycles. The number of hydrogen-bond donors (Lipinski definition) is 0. The Hall–Kier alpha value is -0.890. The molecule has 0 unspecified atom stereocenters. The Balaban J connectivity index is 2.13. The third-order valence-corrected chi connectivity index (χ3v) is 2.46. The van der Waals surface area contributed by atoms with Crippen LogP contribution < -0.4 is 0 Å². The molecule has 2 nitrogen and oxygen atoms in total. The molecule has 0 spiro atoms. The normalized spacial score (nSPS) is 19.2. The Labute approximate surface area is 73.2 Å². The van der Waals surface area contributed by atoms with E-state index in [9.17, 15) is 0 Å². The van der Waals surface area contributed by atoms with E-state index in [1.807, 2.05) is 13.1 Å². The quantitative estimate of drug-likeness (QED) is 0.621. The first-order valence-electron chi connectivity index (χ1n) is 4.37. The Kier molecular flexibility index (Phi) is 1.85. The second kappa shape index (κ2) is 2.87. The van der Waals surface area contributed by atoms with Crippen LogP contribution in [0.5, 0.6) is 0 Å². The van der Waals surface area contributed by atoms with Crippen LogP contribution in [0.1, 0.15) is 17.2 Å². The summed E-state index contributed by atoms with van der Waals surface area (Å²) in [5.41, 5.74) is 2.57. The van der Waals surface area contributed by atoms with Gasteiger partial charge in [0.05, 0.1) is 0 Å². The summed E-state index contributed by atoms with van der Waals surface area (Å²) in [7, 11) is 2.16. The number of aromatic nitrogens is 1. The zero-order chi connectivity index (χ0) is 8.55. The van der Waals surface area contributed by atoms with Gasteiger partial charge in [-0.05, 0) is 31.7 Å². The summed E-state index contributed by atoms with van der Waals surface area (Å²) in [6, 6.07) is 4.32. The molecule has 2 heteroatoms. The number of likely N-dealkylation sites (tertiary alicyclic amines) is 1. The predicted molar refractivity (Wildman–Crippen MR) is 49.2 cm³/mol. The number of rotatable bonds is 1. The van der Waals surface area contributed by atoms with E-state index in [1.54, 1.807) is 0 Å². The number of aryl methyl sites for hydroxylation is 1. The second-order valence-electron chi connectivity index (χ2n) is 3.65. The average Bonchev–Trinajstić information content (AvgIpc) is 1.99. The van der Waals surface area contributed by atoms with Crippen molar-refractivity contribution in [1.82, 2.24) is 9.88 Å². The molecule has 64 valence electrons. The lowest BCUT2D eigenvalue weighted by Gasteiger charge is -2.36. The Morgan fingerprint density at radius 3 is 2.83 bits per heavy atom. The molecule has 2 heterocycles. The fraction of sp³-hybridized carbons (Fsp3) is 0.500. The lowest BCUT2D eigenvalue weighted by atomic mass is 9.92. The van der Waals surface area contributed by atoms with E-state index in [1.165, 1.54) is 18.7 Å². The van der Waals surface area contributed by atoms with Gasteiger partial charge in [0.25, 0.3) is 0 Å². The largest absolute Gasteiger partial charge is 0.305 e. The van der Waals surface area contributed by atoms with Gasteiger partial charge in [0.2, 0.25) is 0 Å².